The Kier molecular flexibility index (Phi) is 5.36. The van der Waals surface area contributed by atoms with Crippen molar-refractivity contribution in [2.75, 3.05) is 6.61 Å². The van der Waals surface area contributed by atoms with Gasteiger partial charge in [0.25, 0.3) is 0 Å². The summed E-state index contributed by atoms with van der Waals surface area (Å²) in [5.74, 6) is 2.36. The van der Waals surface area contributed by atoms with E-state index in [2.05, 4.69) is 78.6 Å². The van der Waals surface area contributed by atoms with Gasteiger partial charge in [-0.1, -0.05) is 0 Å². The number of hydrogen-bond acceptors (Lipinski definition) is 1. The Morgan fingerprint density at radius 3 is 1.93 bits per heavy atom. The molecule has 3 aliphatic rings. The van der Waals surface area contributed by atoms with Crippen molar-refractivity contribution in [2.45, 2.75) is 34.5 Å². The van der Waals surface area contributed by atoms with Gasteiger partial charge in [0.05, 0.1) is 0 Å². The molecule has 1 heterocycles. The molecule has 5 rings (SSSR count). The van der Waals surface area contributed by atoms with Crippen LogP contribution in [0.15, 0.2) is 60.7 Å². The fourth-order valence-electron chi connectivity index (χ4n) is 6.03. The van der Waals surface area contributed by atoms with E-state index in [0.717, 1.165) is 19.4 Å². The van der Waals surface area contributed by atoms with Gasteiger partial charge in [-0.05, 0) is 0 Å². The van der Waals surface area contributed by atoms with Crippen LogP contribution in [0.25, 0.3) is 12.2 Å². The molecule has 0 aromatic heterocycles. The van der Waals surface area contributed by atoms with Crippen molar-refractivity contribution in [3.05, 3.63) is 82.9 Å². The minimum atomic E-state index is -4.76. The summed E-state index contributed by atoms with van der Waals surface area (Å²) in [7, 11) is 16.4. The minimum absolute atomic E-state index is 0.0855. The van der Waals surface area contributed by atoms with Gasteiger partial charge in [-0.25, -0.2) is 0 Å². The first-order valence-electron chi connectivity index (χ1n) is 10.8. The summed E-state index contributed by atoms with van der Waals surface area (Å²) in [6.07, 6.45) is 12.4. The van der Waals surface area contributed by atoms with E-state index in [1.807, 2.05) is 0 Å². The summed E-state index contributed by atoms with van der Waals surface area (Å²) < 4.78 is 6.64. The number of ether oxygens (including phenoxy) is 1. The van der Waals surface area contributed by atoms with Crippen molar-refractivity contribution in [1.29, 1.82) is 0 Å². The van der Waals surface area contributed by atoms with E-state index in [1.54, 1.807) is 0 Å². The van der Waals surface area contributed by atoms with Gasteiger partial charge >= 0.3 is 190 Å². The van der Waals surface area contributed by atoms with Crippen molar-refractivity contribution >= 4 is 44.4 Å². The number of hydrogen-bond donors (Lipinski definition) is 0. The second-order valence-corrected chi connectivity index (χ2v) is 34.1. The molecule has 1 nitrogen and oxygen atoms in total. The molecule has 0 amide bonds. The molecule has 0 spiro atoms. The molecule has 0 radical (unpaired) electrons. The summed E-state index contributed by atoms with van der Waals surface area (Å²) in [6, 6.07) is 17.3. The first-order valence-corrected chi connectivity index (χ1v) is 23.3. The number of fused-ring (bicyclic) bond motifs is 2. The fourth-order valence-corrected chi connectivity index (χ4v) is 38.8. The van der Waals surface area contributed by atoms with Crippen LogP contribution in [-0.2, 0) is 21.1 Å². The van der Waals surface area contributed by atoms with Crippen LogP contribution in [0.3, 0.4) is 0 Å². The first kappa shape index (κ1) is 20.8. The topological polar surface area (TPSA) is 9.23 Å². The molecular weight excluding hydrogens is 493 g/mol. The van der Waals surface area contributed by atoms with E-state index in [9.17, 15) is 0 Å². The first-order chi connectivity index (χ1) is 14.0. The van der Waals surface area contributed by atoms with Crippen LogP contribution < -0.4 is 0 Å². The second-order valence-electron chi connectivity index (χ2n) is 8.74. The van der Waals surface area contributed by atoms with Crippen LogP contribution in [0.5, 0.6) is 0 Å². The molecule has 3 unspecified atom stereocenters. The van der Waals surface area contributed by atoms with E-state index in [1.165, 1.54) is 28.7 Å². The summed E-state index contributed by atoms with van der Waals surface area (Å²) in [5.41, 5.74) is 5.13. The molecule has 3 atom stereocenters. The van der Waals surface area contributed by atoms with Crippen LogP contribution in [-0.4, -0.2) is 24.0 Å². The Labute approximate surface area is 188 Å². The van der Waals surface area contributed by atoms with Gasteiger partial charge < -0.3 is 0 Å². The van der Waals surface area contributed by atoms with Crippen LogP contribution in [0.1, 0.15) is 48.8 Å². The van der Waals surface area contributed by atoms with Crippen LogP contribution >= 0.6 is 17.0 Å². The molecule has 149 valence electrons. The number of halogens is 2. The Morgan fingerprint density at radius 2 is 1.45 bits per heavy atom. The Bertz CT molecular complexity index is 944. The molecule has 2 aromatic rings. The zero-order chi connectivity index (χ0) is 20.1. The zero-order valence-electron chi connectivity index (χ0n) is 16.8. The van der Waals surface area contributed by atoms with Crippen molar-refractivity contribution in [2.24, 2.45) is 0 Å². The Balaban J connectivity index is 1.77. The van der Waals surface area contributed by atoms with Crippen LogP contribution in [0, 0.1) is 0 Å². The number of rotatable bonds is 4. The molecule has 1 fully saturated rings. The molecule has 0 N–H and O–H groups in total. The fraction of sp³-hybridized carbons (Fsp3) is 0.333. The normalized spacial score (nSPS) is 29.1. The zero-order valence-corrected chi connectivity index (χ0v) is 22.2. The van der Waals surface area contributed by atoms with Crippen molar-refractivity contribution < 1.29 is 21.1 Å². The second kappa shape index (κ2) is 7.48. The molecule has 29 heavy (non-hydrogen) atoms. The molecule has 2 aliphatic carbocycles. The monoisotopic (exact) mass is 517 g/mol. The number of allylic oxidation sites excluding steroid dienone is 2. The van der Waals surface area contributed by atoms with Gasteiger partial charge in [0, 0.05) is 0 Å². The van der Waals surface area contributed by atoms with E-state index < -0.39 is 31.6 Å². The van der Waals surface area contributed by atoms with Gasteiger partial charge in [-0.15, -0.1) is 0 Å². The third-order valence-corrected chi connectivity index (χ3v) is 42.0. The van der Waals surface area contributed by atoms with Gasteiger partial charge in [-0.2, -0.15) is 0 Å². The van der Waals surface area contributed by atoms with Crippen molar-refractivity contribution in [1.82, 2.24) is 0 Å². The average molecular weight is 520 g/mol. The molecule has 5 heteroatoms. The standard InChI is InChI=1S/2C9H7.C5H8O.CH3.Al.2ClH.Zr.H/c2*1-2-5-9-7-3-6-8(9)4-1;1-2-4-6-5-3-1;;;;;;/h2*1-7H;1-4H2;1H3;;2*1H;;/q;;;;;;;+2;/p-2. The van der Waals surface area contributed by atoms with E-state index >= 15 is 0 Å². The summed E-state index contributed by atoms with van der Waals surface area (Å²) in [6.45, 7) is 0.792. The summed E-state index contributed by atoms with van der Waals surface area (Å²) in [4.78, 5) is 0. The Morgan fingerprint density at radius 1 is 0.897 bits per heavy atom. The molecule has 0 saturated carbocycles. The maximum atomic E-state index is 8.18. The SMILES string of the molecule is [CH3][AlH][C]1([Zr]([Cl])([Cl])([CH]2C=Cc3ccccc32)[CH]2C=Cc3ccccc32)CCCCO1. The van der Waals surface area contributed by atoms with Gasteiger partial charge in [0.15, 0.2) is 0 Å². The predicted octanol–water partition coefficient (Wildman–Crippen LogP) is 6.86. The summed E-state index contributed by atoms with van der Waals surface area (Å²) in [5, 5.41) is 0. The molecular formula is C24H26AlCl2OZr. The molecule has 1 aliphatic heterocycles. The van der Waals surface area contributed by atoms with E-state index in [-0.39, 0.29) is 9.42 Å². The maximum absolute atomic E-state index is 8.18. The third-order valence-electron chi connectivity index (χ3n) is 7.53. The van der Waals surface area contributed by atoms with Gasteiger partial charge in [0.2, 0.25) is 0 Å². The van der Waals surface area contributed by atoms with Crippen LogP contribution in [0.2, 0.25) is 5.79 Å². The molecule has 2 aromatic carbocycles. The molecule has 0 bridgehead atoms. The average Bonchev–Trinajstić information content (AvgIpc) is 3.39. The van der Waals surface area contributed by atoms with Gasteiger partial charge in [0.1, 0.15) is 0 Å². The van der Waals surface area contributed by atoms with E-state index in [4.69, 9.17) is 21.8 Å². The van der Waals surface area contributed by atoms with Crippen LogP contribution in [0.4, 0.5) is 0 Å². The predicted molar refractivity (Wildman–Crippen MR) is 124 cm³/mol. The third kappa shape index (κ3) is 2.85. The number of benzene rings is 2. The van der Waals surface area contributed by atoms with E-state index in [0.29, 0.717) is 0 Å². The van der Waals surface area contributed by atoms with Crippen molar-refractivity contribution in [3.63, 3.8) is 0 Å². The quantitative estimate of drug-likeness (QED) is 0.401. The Hall–Kier alpha value is -0.124. The summed E-state index contributed by atoms with van der Waals surface area (Å²) >= 11 is -5.39. The van der Waals surface area contributed by atoms with Gasteiger partial charge in [-0.3, -0.25) is 0 Å². The van der Waals surface area contributed by atoms with Crippen molar-refractivity contribution in [3.8, 4) is 0 Å². The molecule has 1 saturated heterocycles.